The molecule has 1 aliphatic heterocycles. The van der Waals surface area contributed by atoms with Crippen LogP contribution in [0.4, 0.5) is 5.82 Å². The summed E-state index contributed by atoms with van der Waals surface area (Å²) in [5.41, 5.74) is 7.62. The van der Waals surface area contributed by atoms with Crippen LogP contribution in [0.15, 0.2) is 18.3 Å². The van der Waals surface area contributed by atoms with Crippen LogP contribution in [0, 0.1) is 0 Å². The lowest BCUT2D eigenvalue weighted by Gasteiger charge is -2.26. The Labute approximate surface area is 124 Å². The van der Waals surface area contributed by atoms with Gasteiger partial charge >= 0.3 is 5.97 Å². The van der Waals surface area contributed by atoms with E-state index in [1.165, 1.54) is 25.3 Å². The summed E-state index contributed by atoms with van der Waals surface area (Å²) in [4.78, 5) is 17.0. The third-order valence-electron chi connectivity index (χ3n) is 3.28. The van der Waals surface area contributed by atoms with E-state index in [4.69, 9.17) is 10.8 Å². The molecule has 0 radical (unpaired) electrons. The zero-order valence-electron chi connectivity index (χ0n) is 11.3. The molecule has 20 heavy (non-hydrogen) atoms. The average molecular weight is 298 g/mol. The molecule has 5 nitrogen and oxygen atoms in total. The Balaban J connectivity index is 0.00000200. The number of hydrogen-bond acceptors (Lipinski definition) is 4. The van der Waals surface area contributed by atoms with Crippen molar-refractivity contribution < 1.29 is 9.90 Å². The Kier molecular flexibility index (Phi) is 6.48. The second-order valence-electron chi connectivity index (χ2n) is 4.82. The van der Waals surface area contributed by atoms with E-state index in [9.17, 15) is 4.79 Å². The number of pyridine rings is 1. The molecular formula is C14H20ClN3O2. The van der Waals surface area contributed by atoms with Crippen LogP contribution < -0.4 is 5.73 Å². The lowest BCUT2D eigenvalue weighted by Crippen LogP contribution is -2.29. The fraction of sp³-hybridized carbons (Fsp3) is 0.429. The monoisotopic (exact) mass is 297 g/mol. The van der Waals surface area contributed by atoms with Crippen molar-refractivity contribution in [2.75, 3.05) is 18.8 Å². The SMILES string of the molecule is Cl.Nc1ncc(/C=C/C(=O)O)cc1CN1CCCCC1. The first kappa shape index (κ1) is 16.5. The van der Waals surface area contributed by atoms with Gasteiger partial charge in [-0.05, 0) is 43.6 Å². The van der Waals surface area contributed by atoms with E-state index in [1.807, 2.05) is 6.07 Å². The van der Waals surface area contributed by atoms with Gasteiger partial charge in [0.25, 0.3) is 0 Å². The second-order valence-corrected chi connectivity index (χ2v) is 4.82. The zero-order chi connectivity index (χ0) is 13.7. The number of anilines is 1. The molecule has 0 unspecified atom stereocenters. The van der Waals surface area contributed by atoms with Gasteiger partial charge in [0.05, 0.1) is 0 Å². The first-order valence-corrected chi connectivity index (χ1v) is 6.53. The molecule has 0 aliphatic carbocycles. The number of aliphatic carboxylic acids is 1. The van der Waals surface area contributed by atoms with Crippen molar-refractivity contribution >= 4 is 30.3 Å². The minimum Gasteiger partial charge on any atom is -0.478 e. The second kappa shape index (κ2) is 7.87. The maximum absolute atomic E-state index is 10.5. The van der Waals surface area contributed by atoms with E-state index in [0.29, 0.717) is 5.82 Å². The van der Waals surface area contributed by atoms with E-state index in [-0.39, 0.29) is 12.4 Å². The smallest absolute Gasteiger partial charge is 0.328 e. The van der Waals surface area contributed by atoms with Crippen molar-refractivity contribution in [2.45, 2.75) is 25.8 Å². The summed E-state index contributed by atoms with van der Waals surface area (Å²) in [5, 5.41) is 8.62. The molecule has 1 fully saturated rings. The molecule has 0 bridgehead atoms. The van der Waals surface area contributed by atoms with Gasteiger partial charge in [0, 0.05) is 24.4 Å². The van der Waals surface area contributed by atoms with E-state index >= 15 is 0 Å². The summed E-state index contributed by atoms with van der Waals surface area (Å²) in [6.45, 7) is 2.97. The quantitative estimate of drug-likeness (QED) is 0.833. The maximum atomic E-state index is 10.5. The molecule has 2 rings (SSSR count). The van der Waals surface area contributed by atoms with Crippen molar-refractivity contribution in [3.8, 4) is 0 Å². The number of halogens is 1. The minimum absolute atomic E-state index is 0. The highest BCUT2D eigenvalue weighted by Crippen LogP contribution is 2.17. The van der Waals surface area contributed by atoms with Gasteiger partial charge in [0.15, 0.2) is 0 Å². The summed E-state index contributed by atoms with van der Waals surface area (Å²) >= 11 is 0. The fourth-order valence-electron chi connectivity index (χ4n) is 2.28. The van der Waals surface area contributed by atoms with Crippen molar-refractivity contribution in [2.24, 2.45) is 0 Å². The Hall–Kier alpha value is -1.59. The molecule has 0 atom stereocenters. The number of carbonyl (C=O) groups is 1. The van der Waals surface area contributed by atoms with Crippen molar-refractivity contribution in [1.29, 1.82) is 0 Å². The highest BCUT2D eigenvalue weighted by atomic mass is 35.5. The number of piperidine rings is 1. The zero-order valence-corrected chi connectivity index (χ0v) is 12.1. The summed E-state index contributed by atoms with van der Waals surface area (Å²) in [6, 6.07) is 1.91. The van der Waals surface area contributed by atoms with Gasteiger partial charge in [-0.3, -0.25) is 4.90 Å². The molecule has 0 spiro atoms. The Bertz CT molecular complexity index is 485. The molecule has 1 aromatic heterocycles. The van der Waals surface area contributed by atoms with Crippen LogP contribution in [-0.2, 0) is 11.3 Å². The number of nitrogens with zero attached hydrogens (tertiary/aromatic N) is 2. The number of carboxylic acid groups (broad SMARTS) is 1. The van der Waals surface area contributed by atoms with Gasteiger partial charge in [0.1, 0.15) is 5.82 Å². The molecule has 1 aromatic rings. The first-order valence-electron chi connectivity index (χ1n) is 6.53. The number of nitrogen functional groups attached to an aromatic ring is 1. The van der Waals surface area contributed by atoms with Gasteiger partial charge in [-0.2, -0.15) is 0 Å². The van der Waals surface area contributed by atoms with Gasteiger partial charge in [-0.1, -0.05) is 6.42 Å². The van der Waals surface area contributed by atoms with Gasteiger partial charge in [0.2, 0.25) is 0 Å². The number of aromatic nitrogens is 1. The summed E-state index contributed by atoms with van der Waals surface area (Å²) in [7, 11) is 0. The van der Waals surface area contributed by atoms with Gasteiger partial charge in [-0.25, -0.2) is 9.78 Å². The van der Waals surface area contributed by atoms with Gasteiger partial charge in [-0.15, -0.1) is 12.4 Å². The number of carboxylic acids is 1. The molecule has 1 aliphatic rings. The molecule has 6 heteroatoms. The lowest BCUT2D eigenvalue weighted by atomic mass is 10.1. The summed E-state index contributed by atoms with van der Waals surface area (Å²) in [5.74, 6) is -0.438. The van der Waals surface area contributed by atoms with Crippen LogP contribution in [-0.4, -0.2) is 34.0 Å². The lowest BCUT2D eigenvalue weighted by molar-refractivity contribution is -0.131. The minimum atomic E-state index is -0.964. The van der Waals surface area contributed by atoms with E-state index in [0.717, 1.165) is 36.8 Å². The molecule has 2 heterocycles. The van der Waals surface area contributed by atoms with Crippen LogP contribution >= 0.6 is 12.4 Å². The summed E-state index contributed by atoms with van der Waals surface area (Å²) < 4.78 is 0. The Morgan fingerprint density at radius 2 is 2.10 bits per heavy atom. The highest BCUT2D eigenvalue weighted by molar-refractivity contribution is 5.85. The van der Waals surface area contributed by atoms with Crippen molar-refractivity contribution in [1.82, 2.24) is 9.88 Å². The molecule has 0 saturated carbocycles. The predicted octanol–water partition coefficient (Wildman–Crippen LogP) is 2.17. The fourth-order valence-corrected chi connectivity index (χ4v) is 2.28. The number of likely N-dealkylation sites (tertiary alicyclic amines) is 1. The van der Waals surface area contributed by atoms with Gasteiger partial charge < -0.3 is 10.8 Å². The normalized spacial score (nSPS) is 16.0. The van der Waals surface area contributed by atoms with Crippen LogP contribution in [0.2, 0.25) is 0 Å². The van der Waals surface area contributed by atoms with E-state index in [2.05, 4.69) is 9.88 Å². The predicted molar refractivity (Wildman–Crippen MR) is 81.7 cm³/mol. The average Bonchev–Trinajstić information content (AvgIpc) is 2.41. The number of rotatable bonds is 4. The first-order chi connectivity index (χ1) is 9.15. The third-order valence-corrected chi connectivity index (χ3v) is 3.28. The molecule has 1 saturated heterocycles. The topological polar surface area (TPSA) is 79.4 Å². The molecule has 0 aromatic carbocycles. The van der Waals surface area contributed by atoms with E-state index < -0.39 is 5.97 Å². The van der Waals surface area contributed by atoms with Crippen LogP contribution in [0.25, 0.3) is 6.08 Å². The number of nitrogens with two attached hydrogens (primary N) is 1. The third kappa shape index (κ3) is 4.83. The molecule has 110 valence electrons. The van der Waals surface area contributed by atoms with Crippen LogP contribution in [0.5, 0.6) is 0 Å². The molecule has 3 N–H and O–H groups in total. The Morgan fingerprint density at radius 3 is 2.75 bits per heavy atom. The van der Waals surface area contributed by atoms with E-state index in [1.54, 1.807) is 6.20 Å². The molecular weight excluding hydrogens is 278 g/mol. The summed E-state index contributed by atoms with van der Waals surface area (Å²) in [6.07, 6.45) is 7.99. The standard InChI is InChI=1S/C14H19N3O2.ClH/c15-14-12(10-17-6-2-1-3-7-17)8-11(9-16-14)4-5-13(18)19;/h4-5,8-9H,1-3,6-7,10H2,(H2,15,16)(H,18,19);1H/b5-4+;. The van der Waals surface area contributed by atoms with Crippen molar-refractivity contribution in [3.05, 3.63) is 29.5 Å². The number of hydrogen-bond donors (Lipinski definition) is 2. The highest BCUT2D eigenvalue weighted by Gasteiger charge is 2.12. The van der Waals surface area contributed by atoms with Crippen LogP contribution in [0.1, 0.15) is 30.4 Å². The van der Waals surface area contributed by atoms with Crippen LogP contribution in [0.3, 0.4) is 0 Å². The Morgan fingerprint density at radius 1 is 1.40 bits per heavy atom. The largest absolute Gasteiger partial charge is 0.478 e. The maximum Gasteiger partial charge on any atom is 0.328 e. The molecule has 0 amide bonds. The van der Waals surface area contributed by atoms with Crippen molar-refractivity contribution in [3.63, 3.8) is 0 Å².